The number of benzene rings is 1. The molecule has 0 saturated heterocycles. The third-order valence-corrected chi connectivity index (χ3v) is 3.66. The maximum absolute atomic E-state index is 13.3. The summed E-state index contributed by atoms with van der Waals surface area (Å²) in [7, 11) is 0. The first-order valence-electron chi connectivity index (χ1n) is 3.71. The van der Waals surface area contributed by atoms with Crippen LogP contribution in [0.3, 0.4) is 0 Å². The molecule has 0 fully saturated rings. The summed E-state index contributed by atoms with van der Waals surface area (Å²) in [6.07, 6.45) is 0. The third kappa shape index (κ3) is 1.33. The molecule has 0 radical (unpaired) electrons. The number of hydrogen-bond acceptors (Lipinski definition) is 2. The SMILES string of the molecule is O=C(O)c1c(Br)sc2cccc(F)c12. The minimum Gasteiger partial charge on any atom is -0.478 e. The van der Waals surface area contributed by atoms with E-state index in [1.54, 1.807) is 12.1 Å². The van der Waals surface area contributed by atoms with Crippen molar-refractivity contribution in [3.63, 3.8) is 0 Å². The number of fused-ring (bicyclic) bond motifs is 1. The highest BCUT2D eigenvalue weighted by atomic mass is 79.9. The van der Waals surface area contributed by atoms with Crippen LogP contribution in [0.5, 0.6) is 0 Å². The van der Waals surface area contributed by atoms with Gasteiger partial charge in [0.2, 0.25) is 0 Å². The lowest BCUT2D eigenvalue weighted by Gasteiger charge is -1.94. The van der Waals surface area contributed by atoms with Crippen LogP contribution < -0.4 is 0 Å². The minimum atomic E-state index is -1.12. The Labute approximate surface area is 91.1 Å². The molecule has 5 heteroatoms. The fourth-order valence-corrected chi connectivity index (χ4v) is 3.09. The summed E-state index contributed by atoms with van der Waals surface area (Å²) in [5.74, 6) is -1.62. The van der Waals surface area contributed by atoms with E-state index < -0.39 is 11.8 Å². The van der Waals surface area contributed by atoms with Crippen molar-refractivity contribution in [1.29, 1.82) is 0 Å². The fraction of sp³-hybridized carbons (Fsp3) is 0. The van der Waals surface area contributed by atoms with Gasteiger partial charge < -0.3 is 5.11 Å². The molecule has 0 spiro atoms. The van der Waals surface area contributed by atoms with E-state index in [2.05, 4.69) is 15.9 Å². The van der Waals surface area contributed by atoms with Crippen molar-refractivity contribution in [3.05, 3.63) is 33.4 Å². The summed E-state index contributed by atoms with van der Waals surface area (Å²) in [6, 6.07) is 4.51. The molecule has 2 nitrogen and oxygen atoms in total. The quantitative estimate of drug-likeness (QED) is 0.864. The molecule has 72 valence electrons. The van der Waals surface area contributed by atoms with Crippen LogP contribution in [0.15, 0.2) is 22.0 Å². The molecule has 0 bridgehead atoms. The van der Waals surface area contributed by atoms with Gasteiger partial charge in [0.05, 0.1) is 9.35 Å². The molecule has 1 heterocycles. The molecule has 0 atom stereocenters. The first-order valence-corrected chi connectivity index (χ1v) is 5.32. The normalized spacial score (nSPS) is 10.7. The van der Waals surface area contributed by atoms with Gasteiger partial charge in [-0.25, -0.2) is 9.18 Å². The van der Waals surface area contributed by atoms with E-state index in [0.717, 1.165) is 0 Å². The molecule has 0 aliphatic carbocycles. The van der Waals surface area contributed by atoms with E-state index in [1.165, 1.54) is 17.4 Å². The summed E-state index contributed by atoms with van der Waals surface area (Å²) in [6.45, 7) is 0. The lowest BCUT2D eigenvalue weighted by atomic mass is 10.2. The van der Waals surface area contributed by atoms with Crippen LogP contribution in [0.1, 0.15) is 10.4 Å². The Morgan fingerprint density at radius 1 is 1.50 bits per heavy atom. The maximum atomic E-state index is 13.3. The molecule has 0 aliphatic rings. The van der Waals surface area contributed by atoms with Crippen molar-refractivity contribution in [3.8, 4) is 0 Å². The Morgan fingerprint density at radius 3 is 2.86 bits per heavy atom. The fourth-order valence-electron chi connectivity index (χ4n) is 1.27. The first kappa shape index (κ1) is 9.61. The number of carbonyl (C=O) groups is 1. The summed E-state index contributed by atoms with van der Waals surface area (Å²) in [5, 5.41) is 9.06. The van der Waals surface area contributed by atoms with E-state index in [1.807, 2.05) is 0 Å². The van der Waals surface area contributed by atoms with Crippen molar-refractivity contribution in [2.75, 3.05) is 0 Å². The molecule has 0 saturated carbocycles. The monoisotopic (exact) mass is 274 g/mol. The molecule has 14 heavy (non-hydrogen) atoms. The van der Waals surface area contributed by atoms with Crippen LogP contribution in [0.2, 0.25) is 0 Å². The van der Waals surface area contributed by atoms with Gasteiger partial charge in [-0.2, -0.15) is 0 Å². The zero-order valence-electron chi connectivity index (χ0n) is 6.75. The summed E-state index contributed by atoms with van der Waals surface area (Å²) >= 11 is 4.33. The number of thiophene rings is 1. The van der Waals surface area contributed by atoms with Gasteiger partial charge in [-0.3, -0.25) is 0 Å². The van der Waals surface area contributed by atoms with Crippen LogP contribution >= 0.6 is 27.3 Å². The Hall–Kier alpha value is -0.940. The van der Waals surface area contributed by atoms with Gasteiger partial charge in [-0.1, -0.05) is 6.07 Å². The Bertz CT molecular complexity index is 521. The molecule has 0 amide bonds. The summed E-state index contributed by atoms with van der Waals surface area (Å²) in [4.78, 5) is 10.9. The van der Waals surface area contributed by atoms with Crippen LogP contribution in [0, 0.1) is 5.82 Å². The molecular formula is C9H4BrFO2S. The highest BCUT2D eigenvalue weighted by Gasteiger charge is 2.19. The summed E-state index contributed by atoms with van der Waals surface area (Å²) < 4.78 is 14.4. The lowest BCUT2D eigenvalue weighted by molar-refractivity contribution is 0.0698. The van der Waals surface area contributed by atoms with E-state index >= 15 is 0 Å². The van der Waals surface area contributed by atoms with Crippen molar-refractivity contribution >= 4 is 43.3 Å². The second-order valence-corrected chi connectivity index (χ2v) is 5.04. The zero-order chi connectivity index (χ0) is 10.3. The van der Waals surface area contributed by atoms with Gasteiger partial charge in [-0.15, -0.1) is 11.3 Å². The van der Waals surface area contributed by atoms with Gasteiger partial charge in [0.25, 0.3) is 0 Å². The van der Waals surface area contributed by atoms with E-state index in [-0.39, 0.29) is 10.9 Å². The second-order valence-electron chi connectivity index (χ2n) is 2.67. The number of carboxylic acids is 1. The maximum Gasteiger partial charge on any atom is 0.338 e. The van der Waals surface area contributed by atoms with E-state index in [9.17, 15) is 9.18 Å². The predicted molar refractivity (Wildman–Crippen MR) is 56.4 cm³/mol. The molecule has 0 unspecified atom stereocenters. The van der Waals surface area contributed by atoms with Gasteiger partial charge >= 0.3 is 5.97 Å². The number of rotatable bonds is 1. The van der Waals surface area contributed by atoms with Gasteiger partial charge in [0.15, 0.2) is 0 Å². The average molecular weight is 275 g/mol. The largest absolute Gasteiger partial charge is 0.478 e. The topological polar surface area (TPSA) is 37.3 Å². The van der Waals surface area contributed by atoms with Crippen LogP contribution in [0.25, 0.3) is 10.1 Å². The number of carboxylic acid groups (broad SMARTS) is 1. The predicted octanol–water partition coefficient (Wildman–Crippen LogP) is 3.50. The van der Waals surface area contributed by atoms with Crippen LogP contribution in [-0.4, -0.2) is 11.1 Å². The highest BCUT2D eigenvalue weighted by molar-refractivity contribution is 9.11. The highest BCUT2D eigenvalue weighted by Crippen LogP contribution is 2.36. The minimum absolute atomic E-state index is 0.00287. The van der Waals surface area contributed by atoms with E-state index in [4.69, 9.17) is 5.11 Å². The van der Waals surface area contributed by atoms with Crippen molar-refractivity contribution in [2.45, 2.75) is 0 Å². The molecule has 1 aromatic heterocycles. The molecule has 1 N–H and O–H groups in total. The Balaban J connectivity index is 2.93. The van der Waals surface area contributed by atoms with Crippen molar-refractivity contribution < 1.29 is 14.3 Å². The first-order chi connectivity index (χ1) is 6.61. The Morgan fingerprint density at radius 2 is 2.21 bits per heavy atom. The Kier molecular flexibility index (Phi) is 2.28. The standard InChI is InChI=1S/C9H4BrFO2S/c10-8-7(9(12)13)6-4(11)2-1-3-5(6)14-8/h1-3H,(H,12,13). The van der Waals surface area contributed by atoms with Gasteiger partial charge in [0, 0.05) is 10.1 Å². The van der Waals surface area contributed by atoms with Gasteiger partial charge in [0.1, 0.15) is 5.82 Å². The zero-order valence-corrected chi connectivity index (χ0v) is 9.15. The van der Waals surface area contributed by atoms with Gasteiger partial charge in [-0.05, 0) is 28.1 Å². The molecular weight excluding hydrogens is 271 g/mol. The number of halogens is 2. The summed E-state index contributed by atoms with van der Waals surface area (Å²) in [5.41, 5.74) is 0.00287. The van der Waals surface area contributed by atoms with Crippen LogP contribution in [-0.2, 0) is 0 Å². The lowest BCUT2D eigenvalue weighted by Crippen LogP contribution is -1.96. The molecule has 1 aromatic carbocycles. The number of hydrogen-bond donors (Lipinski definition) is 1. The smallest absolute Gasteiger partial charge is 0.338 e. The molecule has 2 rings (SSSR count). The number of aromatic carboxylic acids is 1. The van der Waals surface area contributed by atoms with Crippen LogP contribution in [0.4, 0.5) is 4.39 Å². The second kappa shape index (κ2) is 3.33. The van der Waals surface area contributed by atoms with Crippen molar-refractivity contribution in [2.24, 2.45) is 0 Å². The third-order valence-electron chi connectivity index (χ3n) is 1.84. The molecule has 2 aromatic rings. The molecule has 0 aliphatic heterocycles. The van der Waals surface area contributed by atoms with E-state index in [0.29, 0.717) is 8.49 Å². The average Bonchev–Trinajstić information content (AvgIpc) is 2.42. The van der Waals surface area contributed by atoms with Crippen molar-refractivity contribution in [1.82, 2.24) is 0 Å².